The molecular formula is C15H23NO. The molecular weight excluding hydrogens is 210 g/mol. The Labute approximate surface area is 104 Å². The van der Waals surface area contributed by atoms with Gasteiger partial charge in [-0.25, -0.2) is 0 Å². The summed E-state index contributed by atoms with van der Waals surface area (Å²) in [5.41, 5.74) is 1.34. The van der Waals surface area contributed by atoms with Crippen LogP contribution in [0.2, 0.25) is 0 Å². The molecule has 0 spiro atoms. The van der Waals surface area contributed by atoms with Crippen LogP contribution in [0.15, 0.2) is 24.3 Å². The topological polar surface area (TPSA) is 21.3 Å². The van der Waals surface area contributed by atoms with Gasteiger partial charge in [-0.3, -0.25) is 0 Å². The molecule has 1 fully saturated rings. The minimum absolute atomic E-state index is 0.434. The molecule has 0 bridgehead atoms. The lowest BCUT2D eigenvalue weighted by Crippen LogP contribution is -2.33. The largest absolute Gasteiger partial charge is 0.497 e. The molecule has 1 aromatic carbocycles. The highest BCUT2D eigenvalue weighted by atomic mass is 16.5. The van der Waals surface area contributed by atoms with Gasteiger partial charge in [-0.05, 0) is 37.5 Å². The molecule has 0 aliphatic heterocycles. The normalized spacial score (nSPS) is 18.9. The van der Waals surface area contributed by atoms with Crippen molar-refractivity contribution in [1.82, 2.24) is 5.32 Å². The Balaban J connectivity index is 1.91. The Hall–Kier alpha value is -1.02. The number of benzene rings is 1. The molecule has 1 aromatic rings. The van der Waals surface area contributed by atoms with Crippen LogP contribution in [0.3, 0.4) is 0 Å². The van der Waals surface area contributed by atoms with Crippen LogP contribution in [0.4, 0.5) is 0 Å². The van der Waals surface area contributed by atoms with Gasteiger partial charge in [0.25, 0.3) is 0 Å². The second-order valence-electron chi connectivity index (χ2n) is 5.00. The summed E-state index contributed by atoms with van der Waals surface area (Å²) in [6.45, 7) is 2.25. The second-order valence-corrected chi connectivity index (χ2v) is 5.00. The molecule has 2 nitrogen and oxygen atoms in total. The number of methoxy groups -OCH3 is 1. The average Bonchev–Trinajstić information content (AvgIpc) is 2.40. The zero-order valence-corrected chi connectivity index (χ0v) is 10.9. The first-order chi connectivity index (χ1) is 8.29. The third-order valence-corrected chi connectivity index (χ3v) is 3.71. The summed E-state index contributed by atoms with van der Waals surface area (Å²) in [5.74, 6) is 0.929. The first kappa shape index (κ1) is 12.4. The highest BCUT2D eigenvalue weighted by Crippen LogP contribution is 2.22. The summed E-state index contributed by atoms with van der Waals surface area (Å²) in [4.78, 5) is 0. The van der Waals surface area contributed by atoms with E-state index in [0.717, 1.165) is 5.75 Å². The maximum atomic E-state index is 5.18. The fourth-order valence-corrected chi connectivity index (χ4v) is 2.61. The van der Waals surface area contributed by atoms with Crippen molar-refractivity contribution in [3.63, 3.8) is 0 Å². The Morgan fingerprint density at radius 3 is 2.35 bits per heavy atom. The molecule has 1 atom stereocenters. The Morgan fingerprint density at radius 2 is 1.76 bits per heavy atom. The minimum atomic E-state index is 0.434. The summed E-state index contributed by atoms with van der Waals surface area (Å²) in [6, 6.07) is 9.52. The van der Waals surface area contributed by atoms with Crippen molar-refractivity contribution in [1.29, 1.82) is 0 Å². The Kier molecular flexibility index (Phi) is 4.43. The van der Waals surface area contributed by atoms with Crippen molar-refractivity contribution >= 4 is 0 Å². The van der Waals surface area contributed by atoms with E-state index in [0.29, 0.717) is 12.1 Å². The van der Waals surface area contributed by atoms with E-state index in [4.69, 9.17) is 4.74 Å². The quantitative estimate of drug-likeness (QED) is 0.856. The lowest BCUT2D eigenvalue weighted by Gasteiger charge is -2.26. The van der Waals surface area contributed by atoms with Crippen molar-refractivity contribution in [2.75, 3.05) is 7.11 Å². The van der Waals surface area contributed by atoms with Crippen LogP contribution >= 0.6 is 0 Å². The average molecular weight is 233 g/mol. The molecule has 0 saturated heterocycles. The first-order valence-corrected chi connectivity index (χ1v) is 6.69. The number of hydrogen-bond acceptors (Lipinski definition) is 2. The van der Waals surface area contributed by atoms with Crippen LogP contribution in [0.5, 0.6) is 5.75 Å². The number of nitrogens with one attached hydrogen (secondary N) is 1. The van der Waals surface area contributed by atoms with Crippen LogP contribution in [-0.4, -0.2) is 13.2 Å². The van der Waals surface area contributed by atoms with Gasteiger partial charge in [0, 0.05) is 12.1 Å². The fraction of sp³-hybridized carbons (Fsp3) is 0.600. The lowest BCUT2D eigenvalue weighted by molar-refractivity contribution is 0.346. The predicted octanol–water partition coefficient (Wildman–Crippen LogP) is 3.68. The van der Waals surface area contributed by atoms with E-state index >= 15 is 0 Å². The SMILES string of the molecule is COc1ccc([C@@H](C)NC2CCCCC2)cc1. The number of ether oxygens (including phenoxy) is 1. The fourth-order valence-electron chi connectivity index (χ4n) is 2.61. The lowest BCUT2D eigenvalue weighted by atomic mass is 9.94. The van der Waals surface area contributed by atoms with Crippen molar-refractivity contribution in [3.05, 3.63) is 29.8 Å². The van der Waals surface area contributed by atoms with E-state index in [1.807, 2.05) is 12.1 Å². The van der Waals surface area contributed by atoms with Crippen LogP contribution < -0.4 is 10.1 Å². The summed E-state index contributed by atoms with van der Waals surface area (Å²) >= 11 is 0. The van der Waals surface area contributed by atoms with E-state index in [9.17, 15) is 0 Å². The summed E-state index contributed by atoms with van der Waals surface area (Å²) in [5, 5.41) is 3.73. The van der Waals surface area contributed by atoms with Crippen molar-refractivity contribution < 1.29 is 4.74 Å². The van der Waals surface area contributed by atoms with E-state index < -0.39 is 0 Å². The molecule has 2 rings (SSSR count). The molecule has 0 heterocycles. The number of rotatable bonds is 4. The molecule has 1 aliphatic rings. The highest BCUT2D eigenvalue weighted by Gasteiger charge is 2.16. The maximum Gasteiger partial charge on any atom is 0.118 e. The van der Waals surface area contributed by atoms with E-state index in [1.165, 1.54) is 37.7 Å². The highest BCUT2D eigenvalue weighted by molar-refractivity contribution is 5.28. The van der Waals surface area contributed by atoms with E-state index in [1.54, 1.807) is 7.11 Å². The third-order valence-electron chi connectivity index (χ3n) is 3.71. The van der Waals surface area contributed by atoms with Gasteiger partial charge in [0.15, 0.2) is 0 Å². The van der Waals surface area contributed by atoms with Gasteiger partial charge in [0.1, 0.15) is 5.75 Å². The van der Waals surface area contributed by atoms with Gasteiger partial charge < -0.3 is 10.1 Å². The molecule has 0 unspecified atom stereocenters. The summed E-state index contributed by atoms with van der Waals surface area (Å²) in [7, 11) is 1.71. The predicted molar refractivity (Wildman–Crippen MR) is 71.4 cm³/mol. The van der Waals surface area contributed by atoms with Gasteiger partial charge in [0.2, 0.25) is 0 Å². The molecule has 94 valence electrons. The smallest absolute Gasteiger partial charge is 0.118 e. The minimum Gasteiger partial charge on any atom is -0.497 e. The monoisotopic (exact) mass is 233 g/mol. The zero-order chi connectivity index (χ0) is 12.1. The van der Waals surface area contributed by atoms with E-state index in [2.05, 4.69) is 24.4 Å². The van der Waals surface area contributed by atoms with Gasteiger partial charge in [-0.1, -0.05) is 31.4 Å². The van der Waals surface area contributed by atoms with Gasteiger partial charge >= 0.3 is 0 Å². The first-order valence-electron chi connectivity index (χ1n) is 6.69. The van der Waals surface area contributed by atoms with Crippen molar-refractivity contribution in [3.8, 4) is 5.75 Å². The molecule has 1 N–H and O–H groups in total. The molecule has 17 heavy (non-hydrogen) atoms. The van der Waals surface area contributed by atoms with Crippen LogP contribution in [0.25, 0.3) is 0 Å². The number of hydrogen-bond donors (Lipinski definition) is 1. The molecule has 0 aromatic heterocycles. The molecule has 2 heteroatoms. The van der Waals surface area contributed by atoms with Crippen molar-refractivity contribution in [2.45, 2.75) is 51.1 Å². The summed E-state index contributed by atoms with van der Waals surface area (Å²) < 4.78 is 5.18. The standard InChI is InChI=1S/C15H23NO/c1-12(16-14-6-4-3-5-7-14)13-8-10-15(17-2)11-9-13/h8-12,14,16H,3-7H2,1-2H3/t12-/m1/s1. The maximum absolute atomic E-state index is 5.18. The molecule has 1 saturated carbocycles. The zero-order valence-electron chi connectivity index (χ0n) is 10.9. The van der Waals surface area contributed by atoms with Crippen LogP contribution in [0.1, 0.15) is 50.6 Å². The van der Waals surface area contributed by atoms with E-state index in [-0.39, 0.29) is 0 Å². The molecule has 1 aliphatic carbocycles. The van der Waals surface area contributed by atoms with Gasteiger partial charge in [0.05, 0.1) is 7.11 Å². The van der Waals surface area contributed by atoms with Crippen molar-refractivity contribution in [2.24, 2.45) is 0 Å². The molecule has 0 radical (unpaired) electrons. The Bertz CT molecular complexity index is 327. The van der Waals surface area contributed by atoms with Crippen LogP contribution in [-0.2, 0) is 0 Å². The summed E-state index contributed by atoms with van der Waals surface area (Å²) in [6.07, 6.45) is 6.84. The van der Waals surface area contributed by atoms with Gasteiger partial charge in [-0.15, -0.1) is 0 Å². The molecule has 0 amide bonds. The third kappa shape index (κ3) is 3.47. The Morgan fingerprint density at radius 1 is 1.12 bits per heavy atom. The van der Waals surface area contributed by atoms with Gasteiger partial charge in [-0.2, -0.15) is 0 Å². The second kappa shape index (κ2) is 6.06. The van der Waals surface area contributed by atoms with Crippen LogP contribution in [0, 0.1) is 0 Å².